The first-order valence-corrected chi connectivity index (χ1v) is 12.1. The number of carbonyl (C=O) groups excluding carboxylic acids is 1. The molecule has 2 aliphatic rings. The summed E-state index contributed by atoms with van der Waals surface area (Å²) in [7, 11) is 0. The van der Waals surface area contributed by atoms with E-state index in [2.05, 4.69) is 0 Å². The molecule has 33 heavy (non-hydrogen) atoms. The highest BCUT2D eigenvalue weighted by molar-refractivity contribution is 6.30. The van der Waals surface area contributed by atoms with Gasteiger partial charge in [-0.3, -0.25) is 9.59 Å². The van der Waals surface area contributed by atoms with Crippen LogP contribution in [0.3, 0.4) is 0 Å². The Morgan fingerprint density at radius 2 is 1.73 bits per heavy atom. The van der Waals surface area contributed by atoms with Gasteiger partial charge in [0.25, 0.3) is 0 Å². The average Bonchev–Trinajstić information content (AvgIpc) is 3.61. The number of carbonyl (C=O) groups is 2. The fourth-order valence-electron chi connectivity index (χ4n) is 4.90. The lowest BCUT2D eigenvalue weighted by atomic mass is 9.72. The molecular formula is C26H31Cl2NO4. The Labute approximate surface area is 205 Å². The maximum Gasteiger partial charge on any atom is 0.306 e. The van der Waals surface area contributed by atoms with Crippen molar-refractivity contribution in [1.82, 2.24) is 4.90 Å². The summed E-state index contributed by atoms with van der Waals surface area (Å²) in [5.74, 6) is -1.38. The van der Waals surface area contributed by atoms with E-state index in [0.29, 0.717) is 24.3 Å². The second kappa shape index (κ2) is 10.9. The maximum absolute atomic E-state index is 13.5. The Bertz CT molecular complexity index is 949. The number of hydrogen-bond acceptors (Lipinski definition) is 3. The Kier molecular flexibility index (Phi) is 8.43. The monoisotopic (exact) mass is 491 g/mol. The molecule has 0 bridgehead atoms. The molecule has 1 saturated carbocycles. The van der Waals surface area contributed by atoms with E-state index in [1.54, 1.807) is 0 Å². The standard InChI is InChI=1S/C20H26ClNO4.C6H5Cl/c1-3-14(11-23)22-17(12-4-6-13(21)7-5-12)8-9-20(2,19(22)26)16-10-15(16)18(24)25;7-6-4-2-1-3-5-6/h4-7,14-17,23H,3,8-11H2,1-2H3,(H,24,25);1-5H/t14?,15?,16?,17?,20-;/m1./s1. The van der Waals surface area contributed by atoms with Crippen LogP contribution in [-0.2, 0) is 9.59 Å². The van der Waals surface area contributed by atoms with Crippen molar-refractivity contribution in [2.24, 2.45) is 17.3 Å². The van der Waals surface area contributed by atoms with Crippen LogP contribution in [0.25, 0.3) is 0 Å². The van der Waals surface area contributed by atoms with E-state index in [-0.39, 0.29) is 30.5 Å². The second-order valence-corrected chi connectivity index (χ2v) is 9.94. The average molecular weight is 492 g/mol. The quantitative estimate of drug-likeness (QED) is 0.531. The summed E-state index contributed by atoms with van der Waals surface area (Å²) < 4.78 is 0. The Hall–Kier alpha value is -2.08. The lowest BCUT2D eigenvalue weighted by molar-refractivity contribution is -0.157. The SMILES string of the molecule is CCC(CO)N1C(=O)[C@@](C)(C2CC2C(=O)O)CCC1c1ccc(Cl)cc1.Clc1ccccc1. The zero-order valence-electron chi connectivity index (χ0n) is 19.0. The van der Waals surface area contributed by atoms with Gasteiger partial charge in [0.2, 0.25) is 5.91 Å². The van der Waals surface area contributed by atoms with Gasteiger partial charge >= 0.3 is 5.97 Å². The number of benzene rings is 2. The highest BCUT2D eigenvalue weighted by atomic mass is 35.5. The highest BCUT2D eigenvalue weighted by Gasteiger charge is 2.60. The maximum atomic E-state index is 13.5. The number of halogens is 2. The predicted molar refractivity (Wildman–Crippen MR) is 130 cm³/mol. The summed E-state index contributed by atoms with van der Waals surface area (Å²) in [6, 6.07) is 16.5. The molecule has 1 heterocycles. The summed E-state index contributed by atoms with van der Waals surface area (Å²) in [4.78, 5) is 26.6. The number of carboxylic acid groups (broad SMARTS) is 1. The summed E-state index contributed by atoms with van der Waals surface area (Å²) in [6.45, 7) is 3.75. The van der Waals surface area contributed by atoms with Crippen LogP contribution in [0.15, 0.2) is 54.6 Å². The fourth-order valence-corrected chi connectivity index (χ4v) is 5.17. The molecule has 4 rings (SSSR count). The van der Waals surface area contributed by atoms with Gasteiger partial charge in [-0.2, -0.15) is 0 Å². The van der Waals surface area contributed by atoms with Crippen LogP contribution >= 0.6 is 23.2 Å². The lowest BCUT2D eigenvalue weighted by Gasteiger charge is -2.48. The fraction of sp³-hybridized carbons (Fsp3) is 0.462. The molecular weight excluding hydrogens is 461 g/mol. The van der Waals surface area contributed by atoms with Crippen molar-refractivity contribution in [3.63, 3.8) is 0 Å². The molecule has 1 aliphatic heterocycles. The van der Waals surface area contributed by atoms with Crippen molar-refractivity contribution in [3.8, 4) is 0 Å². The number of aliphatic hydroxyl groups is 1. The number of nitrogens with zero attached hydrogens (tertiary/aromatic N) is 1. The van der Waals surface area contributed by atoms with Crippen LogP contribution in [0.2, 0.25) is 10.0 Å². The third-order valence-corrected chi connectivity index (χ3v) is 7.49. The first-order chi connectivity index (χ1) is 15.7. The first kappa shape index (κ1) is 25.5. The van der Waals surface area contributed by atoms with Crippen molar-refractivity contribution in [3.05, 3.63) is 70.2 Å². The molecule has 2 aromatic rings. The van der Waals surface area contributed by atoms with E-state index in [4.69, 9.17) is 23.2 Å². The third kappa shape index (κ3) is 5.71. The van der Waals surface area contributed by atoms with Gasteiger partial charge in [0.05, 0.1) is 30.0 Å². The molecule has 2 fully saturated rings. The van der Waals surface area contributed by atoms with Crippen LogP contribution in [0.1, 0.15) is 51.1 Å². The Morgan fingerprint density at radius 3 is 2.18 bits per heavy atom. The van der Waals surface area contributed by atoms with Crippen LogP contribution in [0, 0.1) is 17.3 Å². The van der Waals surface area contributed by atoms with Crippen molar-refractivity contribution >= 4 is 35.1 Å². The van der Waals surface area contributed by atoms with Gasteiger partial charge in [-0.1, -0.05) is 67.4 Å². The van der Waals surface area contributed by atoms with Crippen molar-refractivity contribution in [2.75, 3.05) is 6.61 Å². The van der Waals surface area contributed by atoms with E-state index in [1.807, 2.05) is 73.3 Å². The van der Waals surface area contributed by atoms with Crippen LogP contribution in [0.5, 0.6) is 0 Å². The van der Waals surface area contributed by atoms with Crippen molar-refractivity contribution < 1.29 is 19.8 Å². The molecule has 1 amide bonds. The van der Waals surface area contributed by atoms with Gasteiger partial charge in [0.1, 0.15) is 0 Å². The molecule has 2 aromatic carbocycles. The number of rotatable bonds is 6. The van der Waals surface area contributed by atoms with Gasteiger partial charge in [-0.25, -0.2) is 0 Å². The number of aliphatic carboxylic acids is 1. The number of carboxylic acids is 1. The van der Waals surface area contributed by atoms with Crippen molar-refractivity contribution in [1.29, 1.82) is 0 Å². The topological polar surface area (TPSA) is 77.8 Å². The molecule has 178 valence electrons. The first-order valence-electron chi connectivity index (χ1n) is 11.3. The third-order valence-electron chi connectivity index (χ3n) is 6.99. The number of piperidine rings is 1. The molecule has 7 heteroatoms. The minimum atomic E-state index is -0.815. The molecule has 2 N–H and O–H groups in total. The molecule has 4 unspecified atom stereocenters. The molecule has 1 aliphatic carbocycles. The molecule has 5 nitrogen and oxygen atoms in total. The predicted octanol–water partition coefficient (Wildman–Crippen LogP) is 5.84. The minimum absolute atomic E-state index is 0.0293. The van der Waals surface area contributed by atoms with E-state index < -0.39 is 17.3 Å². The molecule has 0 aromatic heterocycles. The number of amides is 1. The van der Waals surface area contributed by atoms with Gasteiger partial charge < -0.3 is 15.1 Å². The van der Waals surface area contributed by atoms with Crippen LogP contribution in [-0.4, -0.2) is 39.6 Å². The van der Waals surface area contributed by atoms with Gasteiger partial charge in [0.15, 0.2) is 0 Å². The lowest BCUT2D eigenvalue weighted by Crippen LogP contribution is -2.55. The van der Waals surface area contributed by atoms with E-state index in [9.17, 15) is 19.8 Å². The van der Waals surface area contributed by atoms with E-state index in [1.165, 1.54) is 0 Å². The molecule has 0 spiro atoms. The van der Waals surface area contributed by atoms with Crippen molar-refractivity contribution in [2.45, 2.75) is 51.6 Å². The summed E-state index contributed by atoms with van der Waals surface area (Å²) in [6.07, 6.45) is 2.62. The van der Waals surface area contributed by atoms with Crippen LogP contribution in [0.4, 0.5) is 0 Å². The largest absolute Gasteiger partial charge is 0.481 e. The Balaban J connectivity index is 0.000000374. The zero-order chi connectivity index (χ0) is 24.2. The summed E-state index contributed by atoms with van der Waals surface area (Å²) >= 11 is 11.5. The number of aliphatic hydroxyl groups excluding tert-OH is 1. The number of likely N-dealkylation sites (tertiary alicyclic amines) is 1. The summed E-state index contributed by atoms with van der Waals surface area (Å²) in [5, 5.41) is 20.6. The summed E-state index contributed by atoms with van der Waals surface area (Å²) in [5.41, 5.74) is 0.330. The van der Waals surface area contributed by atoms with Gasteiger partial charge in [0, 0.05) is 10.0 Å². The minimum Gasteiger partial charge on any atom is -0.481 e. The molecule has 5 atom stereocenters. The normalized spacial score (nSPS) is 27.4. The zero-order valence-corrected chi connectivity index (χ0v) is 20.5. The smallest absolute Gasteiger partial charge is 0.306 e. The van der Waals surface area contributed by atoms with Crippen LogP contribution < -0.4 is 0 Å². The van der Waals surface area contributed by atoms with Gasteiger partial charge in [-0.05, 0) is 61.4 Å². The van der Waals surface area contributed by atoms with Gasteiger partial charge in [-0.15, -0.1) is 0 Å². The second-order valence-electron chi connectivity index (χ2n) is 9.06. The molecule has 1 saturated heterocycles. The van der Waals surface area contributed by atoms with E-state index >= 15 is 0 Å². The molecule has 0 radical (unpaired) electrons. The van der Waals surface area contributed by atoms with E-state index in [0.717, 1.165) is 17.0 Å². The highest BCUT2D eigenvalue weighted by Crippen LogP contribution is 2.57. The Morgan fingerprint density at radius 1 is 1.12 bits per heavy atom. The number of hydrogen-bond donors (Lipinski definition) is 2.